The molecule has 0 radical (unpaired) electrons. The van der Waals surface area contributed by atoms with Crippen molar-refractivity contribution in [3.63, 3.8) is 0 Å². The summed E-state index contributed by atoms with van der Waals surface area (Å²) < 4.78 is 5.98. The first kappa shape index (κ1) is 24.0. The lowest BCUT2D eigenvalue weighted by Crippen LogP contribution is -2.43. The van der Waals surface area contributed by atoms with E-state index in [9.17, 15) is 9.59 Å². The van der Waals surface area contributed by atoms with E-state index in [1.807, 2.05) is 61.5 Å². The van der Waals surface area contributed by atoms with Crippen LogP contribution in [0.15, 0.2) is 66.0 Å². The summed E-state index contributed by atoms with van der Waals surface area (Å²) in [6.45, 7) is 4.47. The van der Waals surface area contributed by atoms with E-state index in [-0.39, 0.29) is 17.7 Å². The molecule has 1 aliphatic heterocycles. The summed E-state index contributed by atoms with van der Waals surface area (Å²) in [4.78, 5) is 28.6. The lowest BCUT2D eigenvalue weighted by atomic mass is 9.96. The SMILES string of the molecule is Cc1ccc(Oc2ccccc2NC(=O)CN2CCC(C(=O)NCCc3cccs3)CC2)cc1. The Labute approximate surface area is 204 Å². The van der Waals surface area contributed by atoms with Crippen LogP contribution in [-0.2, 0) is 16.0 Å². The Kier molecular flexibility index (Phi) is 8.33. The minimum absolute atomic E-state index is 0.0197. The highest BCUT2D eigenvalue weighted by molar-refractivity contribution is 7.09. The van der Waals surface area contributed by atoms with E-state index in [1.54, 1.807) is 11.3 Å². The van der Waals surface area contributed by atoms with Gasteiger partial charge < -0.3 is 15.4 Å². The van der Waals surface area contributed by atoms with Gasteiger partial charge in [0.05, 0.1) is 12.2 Å². The molecule has 0 unspecified atom stereocenters. The molecule has 0 aliphatic carbocycles. The number of hydrogen-bond acceptors (Lipinski definition) is 5. The minimum atomic E-state index is -0.0844. The fraction of sp³-hybridized carbons (Fsp3) is 0.333. The van der Waals surface area contributed by atoms with E-state index in [1.165, 1.54) is 4.88 Å². The van der Waals surface area contributed by atoms with Crippen molar-refractivity contribution < 1.29 is 14.3 Å². The Hall–Kier alpha value is -3.16. The van der Waals surface area contributed by atoms with Crippen LogP contribution in [0.1, 0.15) is 23.3 Å². The Balaban J connectivity index is 1.21. The van der Waals surface area contributed by atoms with Crippen LogP contribution in [0.2, 0.25) is 0 Å². The molecule has 2 aromatic carbocycles. The summed E-state index contributed by atoms with van der Waals surface area (Å²) in [7, 11) is 0. The van der Waals surface area contributed by atoms with Crippen LogP contribution in [0, 0.1) is 12.8 Å². The van der Waals surface area contributed by atoms with Gasteiger partial charge in [-0.1, -0.05) is 35.9 Å². The number of para-hydroxylation sites is 2. The highest BCUT2D eigenvalue weighted by atomic mass is 32.1. The molecule has 1 aromatic heterocycles. The second kappa shape index (κ2) is 11.8. The first-order valence-corrected chi connectivity index (χ1v) is 12.6. The molecule has 34 heavy (non-hydrogen) atoms. The molecule has 0 spiro atoms. The zero-order chi connectivity index (χ0) is 23.8. The fourth-order valence-electron chi connectivity index (χ4n) is 4.05. The first-order valence-electron chi connectivity index (χ1n) is 11.7. The normalized spacial score (nSPS) is 14.5. The zero-order valence-corrected chi connectivity index (χ0v) is 20.3. The third-order valence-electron chi connectivity index (χ3n) is 5.99. The van der Waals surface area contributed by atoms with Crippen LogP contribution < -0.4 is 15.4 Å². The topological polar surface area (TPSA) is 70.7 Å². The second-order valence-corrected chi connectivity index (χ2v) is 9.66. The van der Waals surface area contributed by atoms with Gasteiger partial charge in [0.1, 0.15) is 5.75 Å². The highest BCUT2D eigenvalue weighted by Gasteiger charge is 2.25. The molecule has 0 saturated carbocycles. The van der Waals surface area contributed by atoms with Crippen molar-refractivity contribution in [1.29, 1.82) is 0 Å². The van der Waals surface area contributed by atoms with Crippen molar-refractivity contribution in [2.45, 2.75) is 26.2 Å². The predicted octanol–water partition coefficient (Wildman–Crippen LogP) is 4.86. The van der Waals surface area contributed by atoms with Crippen molar-refractivity contribution in [3.05, 3.63) is 76.5 Å². The number of nitrogens with zero attached hydrogens (tertiary/aromatic N) is 1. The number of piperidine rings is 1. The van der Waals surface area contributed by atoms with Gasteiger partial charge in [0.25, 0.3) is 0 Å². The number of nitrogens with one attached hydrogen (secondary N) is 2. The third-order valence-corrected chi connectivity index (χ3v) is 6.92. The molecule has 7 heteroatoms. The molecule has 0 bridgehead atoms. The Morgan fingerprint density at radius 2 is 1.79 bits per heavy atom. The lowest BCUT2D eigenvalue weighted by molar-refractivity contribution is -0.126. The van der Waals surface area contributed by atoms with Gasteiger partial charge >= 0.3 is 0 Å². The number of carbonyl (C=O) groups excluding carboxylic acids is 2. The molecular formula is C27H31N3O3S. The van der Waals surface area contributed by atoms with Crippen molar-refractivity contribution in [3.8, 4) is 11.5 Å². The summed E-state index contributed by atoms with van der Waals surface area (Å²) in [5.74, 6) is 1.40. The molecule has 2 N–H and O–H groups in total. The van der Waals surface area contributed by atoms with Crippen molar-refractivity contribution in [1.82, 2.24) is 10.2 Å². The summed E-state index contributed by atoms with van der Waals surface area (Å²) >= 11 is 1.71. The number of carbonyl (C=O) groups is 2. The number of hydrogen-bond donors (Lipinski definition) is 2. The van der Waals surface area contributed by atoms with Gasteiger partial charge in [-0.3, -0.25) is 14.5 Å². The standard InChI is InChI=1S/C27H31N3O3S/c1-20-8-10-22(11-9-20)33-25-7-3-2-6-24(25)29-26(31)19-30-16-13-21(14-17-30)27(32)28-15-12-23-5-4-18-34-23/h2-11,18,21H,12-17,19H2,1H3,(H,28,32)(H,29,31). The van der Waals surface area contributed by atoms with Gasteiger partial charge in [0, 0.05) is 17.3 Å². The van der Waals surface area contributed by atoms with Crippen LogP contribution in [-0.4, -0.2) is 42.9 Å². The van der Waals surface area contributed by atoms with E-state index in [0.717, 1.165) is 43.7 Å². The predicted molar refractivity (Wildman–Crippen MR) is 137 cm³/mol. The van der Waals surface area contributed by atoms with Gasteiger partial charge in [-0.05, 0) is 75.0 Å². The van der Waals surface area contributed by atoms with Crippen LogP contribution in [0.3, 0.4) is 0 Å². The molecule has 1 saturated heterocycles. The smallest absolute Gasteiger partial charge is 0.238 e. The largest absolute Gasteiger partial charge is 0.455 e. The van der Waals surface area contributed by atoms with Crippen molar-refractivity contribution in [2.24, 2.45) is 5.92 Å². The average Bonchev–Trinajstić information content (AvgIpc) is 3.36. The molecule has 1 fully saturated rings. The molecule has 4 rings (SSSR count). The Morgan fingerprint density at radius 3 is 2.53 bits per heavy atom. The van der Waals surface area contributed by atoms with Gasteiger partial charge in [-0.15, -0.1) is 11.3 Å². The number of ether oxygens (including phenoxy) is 1. The molecular weight excluding hydrogens is 446 g/mol. The third kappa shape index (κ3) is 6.92. The van der Waals surface area contributed by atoms with Crippen LogP contribution in [0.25, 0.3) is 0 Å². The molecule has 3 aromatic rings. The minimum Gasteiger partial charge on any atom is -0.455 e. The van der Waals surface area contributed by atoms with E-state index >= 15 is 0 Å². The second-order valence-electron chi connectivity index (χ2n) is 8.63. The molecule has 1 aliphatic rings. The zero-order valence-electron chi connectivity index (χ0n) is 19.5. The quantitative estimate of drug-likeness (QED) is 0.462. The number of aryl methyl sites for hydroxylation is 1. The molecule has 2 amide bonds. The van der Waals surface area contributed by atoms with Crippen molar-refractivity contribution >= 4 is 28.8 Å². The summed E-state index contributed by atoms with van der Waals surface area (Å²) in [5, 5.41) is 8.10. The van der Waals surface area contributed by atoms with E-state index in [4.69, 9.17) is 4.74 Å². The van der Waals surface area contributed by atoms with Gasteiger partial charge in [0.15, 0.2) is 5.75 Å². The first-order chi connectivity index (χ1) is 16.6. The fourth-order valence-corrected chi connectivity index (χ4v) is 4.76. The maximum Gasteiger partial charge on any atom is 0.238 e. The Bertz CT molecular complexity index is 1070. The summed E-state index contributed by atoms with van der Waals surface area (Å²) in [5.41, 5.74) is 1.81. The molecule has 178 valence electrons. The van der Waals surface area contributed by atoms with Gasteiger partial charge in [-0.25, -0.2) is 0 Å². The Morgan fingerprint density at radius 1 is 1.03 bits per heavy atom. The highest BCUT2D eigenvalue weighted by Crippen LogP contribution is 2.29. The monoisotopic (exact) mass is 477 g/mol. The number of benzene rings is 2. The number of likely N-dealkylation sites (tertiary alicyclic amines) is 1. The summed E-state index contributed by atoms with van der Waals surface area (Å²) in [6, 6.07) is 19.4. The lowest BCUT2D eigenvalue weighted by Gasteiger charge is -2.30. The maximum absolute atomic E-state index is 12.7. The van der Waals surface area contributed by atoms with E-state index in [0.29, 0.717) is 24.5 Å². The summed E-state index contributed by atoms with van der Waals surface area (Å²) in [6.07, 6.45) is 2.41. The number of amides is 2. The van der Waals surface area contributed by atoms with Gasteiger partial charge in [-0.2, -0.15) is 0 Å². The van der Waals surface area contributed by atoms with Gasteiger partial charge in [0.2, 0.25) is 11.8 Å². The molecule has 6 nitrogen and oxygen atoms in total. The average molecular weight is 478 g/mol. The van der Waals surface area contributed by atoms with E-state index in [2.05, 4.69) is 27.0 Å². The number of rotatable bonds is 9. The van der Waals surface area contributed by atoms with Crippen LogP contribution >= 0.6 is 11.3 Å². The maximum atomic E-state index is 12.7. The molecule has 2 heterocycles. The van der Waals surface area contributed by atoms with Crippen LogP contribution in [0.4, 0.5) is 5.69 Å². The van der Waals surface area contributed by atoms with Crippen LogP contribution in [0.5, 0.6) is 11.5 Å². The van der Waals surface area contributed by atoms with E-state index < -0.39 is 0 Å². The molecule has 0 atom stereocenters. The number of thiophene rings is 1. The number of anilines is 1. The van der Waals surface area contributed by atoms with Crippen molar-refractivity contribution in [2.75, 3.05) is 31.5 Å².